The average Bonchev–Trinajstić information content (AvgIpc) is 2.60. The smallest absolute Gasteiger partial charge is 0.408 e. The van der Waals surface area contributed by atoms with E-state index in [-0.39, 0.29) is 36.3 Å². The highest BCUT2D eigenvalue weighted by Gasteiger charge is 2.30. The number of aliphatic imine (C=N–C) groups is 1. The largest absolute Gasteiger partial charge is 0.444 e. The average molecular weight is 550 g/mol. The maximum Gasteiger partial charge on any atom is 0.408 e. The number of halogens is 1. The van der Waals surface area contributed by atoms with Crippen LogP contribution in [0, 0.1) is 0 Å². The molecule has 0 unspecified atom stereocenters. The first kappa shape index (κ1) is 30.4. The molecule has 29 heavy (non-hydrogen) atoms. The first-order valence-corrected chi connectivity index (χ1v) is 11.6. The summed E-state index contributed by atoms with van der Waals surface area (Å²) < 4.78 is 30.8. The second-order valence-electron chi connectivity index (χ2n) is 7.53. The quantitative estimate of drug-likeness (QED) is 0.136. The van der Waals surface area contributed by atoms with Gasteiger partial charge in [-0.15, -0.1) is 24.0 Å². The summed E-state index contributed by atoms with van der Waals surface area (Å²) in [6.45, 7) is 14.7. The molecular formula is C18H40IN5O4S. The van der Waals surface area contributed by atoms with E-state index in [9.17, 15) is 13.2 Å². The lowest BCUT2D eigenvalue weighted by Gasteiger charge is -2.32. The summed E-state index contributed by atoms with van der Waals surface area (Å²) in [6, 6.07) is 0. The number of nitrogens with zero attached hydrogens (tertiary/aromatic N) is 1. The molecular weight excluding hydrogens is 509 g/mol. The van der Waals surface area contributed by atoms with Crippen LogP contribution in [0.2, 0.25) is 0 Å². The minimum Gasteiger partial charge on any atom is -0.444 e. The summed E-state index contributed by atoms with van der Waals surface area (Å²) in [6.07, 6.45) is 0.933. The number of carbonyl (C=O) groups excluding carboxylic acids is 1. The Morgan fingerprint density at radius 1 is 1.00 bits per heavy atom. The predicted molar refractivity (Wildman–Crippen MR) is 130 cm³/mol. The fourth-order valence-corrected chi connectivity index (χ4v) is 2.89. The number of hydrogen-bond donors (Lipinski definition) is 4. The molecule has 0 aromatic rings. The third-order valence-electron chi connectivity index (χ3n) is 4.12. The molecule has 0 aliphatic rings. The molecule has 0 aliphatic heterocycles. The lowest BCUT2D eigenvalue weighted by atomic mass is 9.93. The number of ether oxygens (including phenoxy) is 1. The fourth-order valence-electron chi connectivity index (χ4n) is 2.27. The van der Waals surface area contributed by atoms with Crippen molar-refractivity contribution in [2.45, 2.75) is 72.4 Å². The summed E-state index contributed by atoms with van der Waals surface area (Å²) in [5.41, 5.74) is -1.09. The molecule has 4 N–H and O–H groups in total. The van der Waals surface area contributed by atoms with E-state index in [0.717, 1.165) is 0 Å². The Kier molecular flexibility index (Phi) is 14.9. The maximum absolute atomic E-state index is 12.2. The van der Waals surface area contributed by atoms with Crippen molar-refractivity contribution in [1.82, 2.24) is 20.7 Å². The van der Waals surface area contributed by atoms with Crippen molar-refractivity contribution >= 4 is 46.1 Å². The molecule has 0 aliphatic carbocycles. The zero-order valence-electron chi connectivity index (χ0n) is 18.8. The van der Waals surface area contributed by atoms with E-state index in [1.165, 1.54) is 0 Å². The number of sulfonamides is 1. The van der Waals surface area contributed by atoms with Crippen molar-refractivity contribution in [1.29, 1.82) is 0 Å². The second-order valence-corrected chi connectivity index (χ2v) is 9.63. The number of carbonyl (C=O) groups is 1. The monoisotopic (exact) mass is 549 g/mol. The highest BCUT2D eigenvalue weighted by molar-refractivity contribution is 14.0. The summed E-state index contributed by atoms with van der Waals surface area (Å²) in [5, 5.41) is 9.19. The van der Waals surface area contributed by atoms with E-state index in [0.29, 0.717) is 38.4 Å². The first-order chi connectivity index (χ1) is 12.9. The minimum atomic E-state index is -3.21. The number of rotatable bonds is 11. The number of hydrogen-bond acceptors (Lipinski definition) is 5. The van der Waals surface area contributed by atoms with Crippen LogP contribution in [0.25, 0.3) is 0 Å². The van der Waals surface area contributed by atoms with Crippen molar-refractivity contribution in [3.63, 3.8) is 0 Å². The Bertz CT molecular complexity index is 602. The topological polar surface area (TPSA) is 121 Å². The van der Waals surface area contributed by atoms with Crippen molar-refractivity contribution in [2.75, 3.05) is 31.9 Å². The van der Waals surface area contributed by atoms with Crippen LogP contribution in [-0.2, 0) is 14.8 Å². The van der Waals surface area contributed by atoms with E-state index >= 15 is 0 Å². The van der Waals surface area contributed by atoms with E-state index in [1.54, 1.807) is 6.92 Å². The van der Waals surface area contributed by atoms with E-state index in [1.807, 2.05) is 41.5 Å². The van der Waals surface area contributed by atoms with Gasteiger partial charge in [-0.2, -0.15) is 0 Å². The predicted octanol–water partition coefficient (Wildman–Crippen LogP) is 2.18. The number of guanidine groups is 1. The Morgan fingerprint density at radius 3 is 2.03 bits per heavy atom. The first-order valence-electron chi connectivity index (χ1n) is 9.93. The van der Waals surface area contributed by atoms with Gasteiger partial charge in [0.2, 0.25) is 10.0 Å². The van der Waals surface area contributed by atoms with Gasteiger partial charge < -0.3 is 20.7 Å². The minimum absolute atomic E-state index is 0. The molecule has 0 saturated heterocycles. The second kappa shape index (κ2) is 14.2. The third-order valence-corrected chi connectivity index (χ3v) is 5.53. The van der Waals surface area contributed by atoms with Gasteiger partial charge in [-0.25, -0.2) is 17.9 Å². The van der Waals surface area contributed by atoms with Crippen LogP contribution < -0.4 is 20.7 Å². The normalized spacial score (nSPS) is 12.7. The zero-order valence-corrected chi connectivity index (χ0v) is 22.0. The third kappa shape index (κ3) is 13.9. The number of nitrogens with one attached hydrogen (secondary N) is 4. The van der Waals surface area contributed by atoms with Gasteiger partial charge in [-0.3, -0.25) is 4.99 Å². The van der Waals surface area contributed by atoms with E-state index in [4.69, 9.17) is 4.74 Å². The highest BCUT2D eigenvalue weighted by atomic mass is 127. The van der Waals surface area contributed by atoms with Gasteiger partial charge in [-0.1, -0.05) is 13.8 Å². The van der Waals surface area contributed by atoms with Crippen molar-refractivity contribution in [3.8, 4) is 0 Å². The molecule has 0 saturated carbocycles. The summed E-state index contributed by atoms with van der Waals surface area (Å²) in [7, 11) is -3.21. The van der Waals surface area contributed by atoms with Gasteiger partial charge in [-0.05, 0) is 47.5 Å². The number of alkyl carbamates (subject to hydrolysis) is 1. The number of amides is 1. The molecule has 0 aromatic heterocycles. The summed E-state index contributed by atoms with van der Waals surface area (Å²) >= 11 is 0. The van der Waals surface area contributed by atoms with Gasteiger partial charge in [0.05, 0.1) is 17.8 Å². The van der Waals surface area contributed by atoms with Crippen LogP contribution >= 0.6 is 24.0 Å². The molecule has 11 heteroatoms. The van der Waals surface area contributed by atoms with E-state index < -0.39 is 27.3 Å². The van der Waals surface area contributed by atoms with Crippen LogP contribution in [-0.4, -0.2) is 63.5 Å². The van der Waals surface area contributed by atoms with Crippen molar-refractivity contribution in [3.05, 3.63) is 0 Å². The molecule has 0 radical (unpaired) electrons. The molecule has 0 heterocycles. The Hall–Kier alpha value is -0.820. The van der Waals surface area contributed by atoms with Crippen molar-refractivity contribution in [2.24, 2.45) is 4.99 Å². The SMILES string of the molecule is CCNC(=NCC(CC)(CC)NC(=O)OC(C)(C)C)NCCNS(=O)(=O)CC.I. The molecule has 1 amide bonds. The lowest BCUT2D eigenvalue weighted by molar-refractivity contribution is 0.0452. The molecule has 174 valence electrons. The van der Waals surface area contributed by atoms with Crippen LogP contribution in [0.15, 0.2) is 4.99 Å². The fraction of sp³-hybridized carbons (Fsp3) is 0.889. The Balaban J connectivity index is 0. The molecule has 0 bridgehead atoms. The molecule has 0 fully saturated rings. The Labute approximate surface area is 193 Å². The van der Waals surface area contributed by atoms with E-state index in [2.05, 4.69) is 25.7 Å². The summed E-state index contributed by atoms with van der Waals surface area (Å²) in [5.74, 6) is 0.614. The van der Waals surface area contributed by atoms with Crippen LogP contribution in [0.1, 0.15) is 61.3 Å². The van der Waals surface area contributed by atoms with Gasteiger partial charge in [0.1, 0.15) is 5.60 Å². The van der Waals surface area contributed by atoms with Crippen LogP contribution in [0.5, 0.6) is 0 Å². The highest BCUT2D eigenvalue weighted by Crippen LogP contribution is 2.17. The zero-order chi connectivity index (χ0) is 21.8. The Morgan fingerprint density at radius 2 is 1.59 bits per heavy atom. The van der Waals surface area contributed by atoms with Crippen LogP contribution in [0.3, 0.4) is 0 Å². The molecule has 0 spiro atoms. The van der Waals surface area contributed by atoms with Gasteiger partial charge in [0, 0.05) is 19.6 Å². The van der Waals surface area contributed by atoms with Gasteiger partial charge >= 0.3 is 6.09 Å². The molecule has 9 nitrogen and oxygen atoms in total. The van der Waals surface area contributed by atoms with Crippen LogP contribution in [0.4, 0.5) is 4.79 Å². The molecule has 0 aromatic carbocycles. The standard InChI is InChI=1S/C18H39N5O4S.HI/c1-8-18(9-2,23-16(24)27-17(5,6)7)14-21-15(19-10-3)20-12-13-22-28(25,26)11-4;/h22H,8-14H2,1-7H3,(H,23,24)(H2,19,20,21);1H. The van der Waals surface area contributed by atoms with Gasteiger partial charge in [0.25, 0.3) is 0 Å². The van der Waals surface area contributed by atoms with Crippen molar-refractivity contribution < 1.29 is 17.9 Å². The molecule has 0 atom stereocenters. The maximum atomic E-state index is 12.2. The van der Waals surface area contributed by atoms with Gasteiger partial charge in [0.15, 0.2) is 5.96 Å². The molecule has 0 rings (SSSR count). The summed E-state index contributed by atoms with van der Waals surface area (Å²) in [4.78, 5) is 16.8. The lowest BCUT2D eigenvalue weighted by Crippen LogP contribution is -2.52.